The zero-order valence-corrected chi connectivity index (χ0v) is 11.6. The number of nitrogens with two attached hydrogens (primary N) is 1. The van der Waals surface area contributed by atoms with Crippen LogP contribution in [-0.4, -0.2) is 48.9 Å². The number of nitrogens with zero attached hydrogens (tertiary/aromatic N) is 2. The van der Waals surface area contributed by atoms with Crippen molar-refractivity contribution in [2.75, 3.05) is 27.2 Å². The van der Waals surface area contributed by atoms with Gasteiger partial charge in [-0.15, -0.1) is 0 Å². The first-order chi connectivity index (χ1) is 9.11. The molecule has 1 aromatic rings. The largest absolute Gasteiger partial charge is 0.459 e. The molecule has 2 rings (SSSR count). The van der Waals surface area contributed by atoms with Gasteiger partial charge in [-0.05, 0) is 39.5 Å². The Balaban J connectivity index is 1.93. The molecule has 3 N–H and O–H groups in total. The molecule has 0 aliphatic carbocycles. The van der Waals surface area contributed by atoms with Gasteiger partial charge in [0.1, 0.15) is 0 Å². The fourth-order valence-corrected chi connectivity index (χ4v) is 2.65. The molecule has 1 aromatic heterocycles. The highest BCUT2D eigenvalue weighted by molar-refractivity contribution is 5.92. The van der Waals surface area contributed by atoms with Crippen LogP contribution in [0.1, 0.15) is 29.0 Å². The predicted octanol–water partition coefficient (Wildman–Crippen LogP) is 0.409. The summed E-state index contributed by atoms with van der Waals surface area (Å²) in [6.07, 6.45) is 4.03. The van der Waals surface area contributed by atoms with Gasteiger partial charge in [0.2, 0.25) is 0 Å². The molecule has 6 heteroatoms. The second-order valence-electron chi connectivity index (χ2n) is 5.22. The first-order valence-corrected chi connectivity index (χ1v) is 6.58. The Kier molecular flexibility index (Phi) is 4.57. The summed E-state index contributed by atoms with van der Waals surface area (Å²) in [4.78, 5) is 16.1. The van der Waals surface area contributed by atoms with Gasteiger partial charge < -0.3 is 14.2 Å². The van der Waals surface area contributed by atoms with E-state index in [9.17, 15) is 4.79 Å². The van der Waals surface area contributed by atoms with E-state index in [0.29, 0.717) is 18.3 Å². The molecule has 19 heavy (non-hydrogen) atoms. The quantitative estimate of drug-likeness (QED) is 0.459. The van der Waals surface area contributed by atoms with E-state index in [-0.39, 0.29) is 5.91 Å². The van der Waals surface area contributed by atoms with Crippen LogP contribution >= 0.6 is 0 Å². The number of hydrazine groups is 1. The normalized spacial score (nSPS) is 20.1. The standard InChI is InChI=1S/C13H22N4O2/c1-16(9-11-4-3-6-17(11)2)8-10-5-7-19-12(10)13(18)15-14/h5,7,11H,3-4,6,8-9,14H2,1-2H3,(H,15,18). The van der Waals surface area contributed by atoms with Crippen LogP contribution in [0.15, 0.2) is 16.7 Å². The molecule has 1 aliphatic rings. The number of carbonyl (C=O) groups is 1. The summed E-state index contributed by atoms with van der Waals surface area (Å²) in [5.74, 6) is 5.05. The van der Waals surface area contributed by atoms with Crippen molar-refractivity contribution in [3.8, 4) is 0 Å². The van der Waals surface area contributed by atoms with E-state index in [1.54, 1.807) is 0 Å². The van der Waals surface area contributed by atoms with Gasteiger partial charge in [-0.1, -0.05) is 0 Å². The van der Waals surface area contributed by atoms with Crippen LogP contribution in [-0.2, 0) is 6.54 Å². The van der Waals surface area contributed by atoms with Crippen LogP contribution in [0.5, 0.6) is 0 Å². The number of furan rings is 1. The van der Waals surface area contributed by atoms with Gasteiger partial charge in [-0.2, -0.15) is 0 Å². The zero-order chi connectivity index (χ0) is 13.8. The lowest BCUT2D eigenvalue weighted by atomic mass is 10.2. The monoisotopic (exact) mass is 266 g/mol. The van der Waals surface area contributed by atoms with Gasteiger partial charge in [-0.3, -0.25) is 10.2 Å². The molecule has 0 bridgehead atoms. The smallest absolute Gasteiger partial charge is 0.301 e. The van der Waals surface area contributed by atoms with Crippen LogP contribution < -0.4 is 11.3 Å². The summed E-state index contributed by atoms with van der Waals surface area (Å²) in [7, 11) is 4.22. The molecule has 0 radical (unpaired) electrons. The zero-order valence-electron chi connectivity index (χ0n) is 11.6. The van der Waals surface area contributed by atoms with Gasteiger partial charge in [0.15, 0.2) is 5.76 Å². The van der Waals surface area contributed by atoms with Crippen molar-refractivity contribution in [3.05, 3.63) is 23.7 Å². The average Bonchev–Trinajstić information content (AvgIpc) is 2.99. The molecule has 1 atom stereocenters. The molecule has 1 unspecified atom stereocenters. The molecule has 2 heterocycles. The number of hydrogen-bond donors (Lipinski definition) is 2. The minimum Gasteiger partial charge on any atom is -0.459 e. The van der Waals surface area contributed by atoms with Crippen LogP contribution in [0.3, 0.4) is 0 Å². The van der Waals surface area contributed by atoms with Crippen molar-refractivity contribution in [3.63, 3.8) is 0 Å². The molecule has 106 valence electrons. The van der Waals surface area contributed by atoms with E-state index in [4.69, 9.17) is 10.3 Å². The third-order valence-electron chi connectivity index (χ3n) is 3.72. The lowest BCUT2D eigenvalue weighted by Gasteiger charge is -2.25. The fraction of sp³-hybridized carbons (Fsp3) is 0.615. The van der Waals surface area contributed by atoms with Gasteiger partial charge in [0, 0.05) is 24.7 Å². The summed E-state index contributed by atoms with van der Waals surface area (Å²) in [5, 5.41) is 0. The lowest BCUT2D eigenvalue weighted by molar-refractivity contribution is 0.0923. The summed E-state index contributed by atoms with van der Waals surface area (Å²) >= 11 is 0. The molecule has 0 saturated carbocycles. The number of likely N-dealkylation sites (N-methyl/N-ethyl adjacent to an activating group) is 2. The van der Waals surface area contributed by atoms with Crippen molar-refractivity contribution >= 4 is 5.91 Å². The highest BCUT2D eigenvalue weighted by atomic mass is 16.3. The SMILES string of the molecule is CN(Cc1ccoc1C(=O)NN)CC1CCCN1C. The minimum absolute atomic E-state index is 0.300. The topological polar surface area (TPSA) is 74.7 Å². The molecule has 1 fully saturated rings. The van der Waals surface area contributed by atoms with Gasteiger partial charge in [0.05, 0.1) is 6.26 Å². The second kappa shape index (κ2) is 6.18. The molecule has 1 amide bonds. The summed E-state index contributed by atoms with van der Waals surface area (Å²) in [6, 6.07) is 2.42. The number of rotatable bonds is 5. The molecule has 1 aliphatic heterocycles. The maximum atomic E-state index is 11.5. The summed E-state index contributed by atoms with van der Waals surface area (Å²) < 4.78 is 5.18. The Labute approximate surface area is 113 Å². The van der Waals surface area contributed by atoms with Gasteiger partial charge in [0.25, 0.3) is 0 Å². The van der Waals surface area contributed by atoms with Crippen molar-refractivity contribution in [2.24, 2.45) is 5.84 Å². The molecule has 6 nitrogen and oxygen atoms in total. The molecular formula is C13H22N4O2. The van der Waals surface area contributed by atoms with Crippen molar-refractivity contribution in [2.45, 2.75) is 25.4 Å². The van der Waals surface area contributed by atoms with E-state index in [1.807, 2.05) is 6.07 Å². The Hall–Kier alpha value is -1.37. The van der Waals surface area contributed by atoms with Crippen molar-refractivity contribution in [1.29, 1.82) is 0 Å². The molecular weight excluding hydrogens is 244 g/mol. The number of hydrogen-bond acceptors (Lipinski definition) is 5. The van der Waals surface area contributed by atoms with E-state index in [1.165, 1.54) is 25.6 Å². The van der Waals surface area contributed by atoms with Crippen LogP contribution in [0.2, 0.25) is 0 Å². The Morgan fingerprint density at radius 2 is 2.47 bits per heavy atom. The molecule has 0 spiro atoms. The number of nitrogen functional groups attached to an aromatic ring is 1. The average molecular weight is 266 g/mol. The maximum Gasteiger partial charge on any atom is 0.301 e. The first kappa shape index (κ1) is 14.0. The number of amides is 1. The Morgan fingerprint density at radius 1 is 1.68 bits per heavy atom. The van der Waals surface area contributed by atoms with E-state index < -0.39 is 0 Å². The van der Waals surface area contributed by atoms with Gasteiger partial charge in [-0.25, -0.2) is 5.84 Å². The lowest BCUT2D eigenvalue weighted by Crippen LogP contribution is -2.36. The van der Waals surface area contributed by atoms with Gasteiger partial charge >= 0.3 is 5.91 Å². The third kappa shape index (κ3) is 3.34. The third-order valence-corrected chi connectivity index (χ3v) is 3.72. The fourth-order valence-electron chi connectivity index (χ4n) is 2.65. The number of carbonyl (C=O) groups excluding carboxylic acids is 1. The van der Waals surface area contributed by atoms with Crippen LogP contribution in [0.4, 0.5) is 0 Å². The molecule has 0 aromatic carbocycles. The Morgan fingerprint density at radius 3 is 3.11 bits per heavy atom. The van der Waals surface area contributed by atoms with Crippen molar-refractivity contribution in [1.82, 2.24) is 15.2 Å². The second-order valence-corrected chi connectivity index (χ2v) is 5.22. The van der Waals surface area contributed by atoms with Crippen molar-refractivity contribution < 1.29 is 9.21 Å². The molecule has 1 saturated heterocycles. The highest BCUT2D eigenvalue weighted by Crippen LogP contribution is 2.17. The van der Waals surface area contributed by atoms with Crippen LogP contribution in [0, 0.1) is 0 Å². The van der Waals surface area contributed by atoms with E-state index in [0.717, 1.165) is 12.1 Å². The summed E-state index contributed by atoms with van der Waals surface area (Å²) in [6.45, 7) is 2.85. The van der Waals surface area contributed by atoms with E-state index in [2.05, 4.69) is 29.3 Å². The summed E-state index contributed by atoms with van der Waals surface area (Å²) in [5.41, 5.74) is 2.97. The first-order valence-electron chi connectivity index (χ1n) is 6.58. The minimum atomic E-state index is -0.383. The number of nitrogens with one attached hydrogen (secondary N) is 1. The highest BCUT2D eigenvalue weighted by Gasteiger charge is 2.23. The predicted molar refractivity (Wildman–Crippen MR) is 72.3 cm³/mol. The van der Waals surface area contributed by atoms with Crippen LogP contribution in [0.25, 0.3) is 0 Å². The number of likely N-dealkylation sites (tertiary alicyclic amines) is 1. The Bertz CT molecular complexity index is 432. The maximum absolute atomic E-state index is 11.5. The van der Waals surface area contributed by atoms with E-state index >= 15 is 0 Å².